The highest BCUT2D eigenvalue weighted by molar-refractivity contribution is 5.81. The molecule has 1 aromatic rings. The highest BCUT2D eigenvalue weighted by atomic mass is 16.5. The van der Waals surface area contributed by atoms with Crippen LogP contribution in [0.1, 0.15) is 25.8 Å². The fourth-order valence-corrected chi connectivity index (χ4v) is 1.79. The van der Waals surface area contributed by atoms with Gasteiger partial charge in [0.15, 0.2) is 0 Å². The van der Waals surface area contributed by atoms with E-state index in [1.54, 1.807) is 6.20 Å². The number of pyridine rings is 1. The fourth-order valence-electron chi connectivity index (χ4n) is 1.79. The minimum absolute atomic E-state index is 0.160. The monoisotopic (exact) mass is 234 g/mol. The summed E-state index contributed by atoms with van der Waals surface area (Å²) in [4.78, 5) is 15.7. The quantitative estimate of drug-likeness (QED) is 0.844. The average molecular weight is 234 g/mol. The molecule has 0 radical (unpaired) electrons. The first-order valence-electron chi connectivity index (χ1n) is 6.06. The molecule has 2 rings (SSSR count). The van der Waals surface area contributed by atoms with E-state index in [1.165, 1.54) is 0 Å². The summed E-state index contributed by atoms with van der Waals surface area (Å²) < 4.78 is 5.31. The molecule has 4 nitrogen and oxygen atoms in total. The first-order valence-corrected chi connectivity index (χ1v) is 6.06. The smallest absolute Gasteiger partial charge is 0.223 e. The van der Waals surface area contributed by atoms with E-state index < -0.39 is 0 Å². The van der Waals surface area contributed by atoms with Gasteiger partial charge in [0.2, 0.25) is 11.8 Å². The van der Waals surface area contributed by atoms with Crippen molar-refractivity contribution in [2.45, 2.75) is 26.8 Å². The van der Waals surface area contributed by atoms with Gasteiger partial charge < -0.3 is 10.1 Å². The number of rotatable bonds is 5. The predicted molar refractivity (Wildman–Crippen MR) is 64.5 cm³/mol. The lowest BCUT2D eigenvalue weighted by atomic mass is 10.2. The normalized spacial score (nSPS) is 22.0. The van der Waals surface area contributed by atoms with Crippen LogP contribution in [0.2, 0.25) is 0 Å². The molecule has 1 N–H and O–H groups in total. The summed E-state index contributed by atoms with van der Waals surface area (Å²) in [5.74, 6) is 1.54. The van der Waals surface area contributed by atoms with E-state index in [4.69, 9.17) is 4.74 Å². The molecule has 92 valence electrons. The largest absolute Gasteiger partial charge is 0.478 e. The van der Waals surface area contributed by atoms with Crippen molar-refractivity contribution in [3.05, 3.63) is 23.9 Å². The van der Waals surface area contributed by atoms with Gasteiger partial charge in [-0.3, -0.25) is 4.79 Å². The van der Waals surface area contributed by atoms with E-state index >= 15 is 0 Å². The number of ether oxygens (including phenoxy) is 1. The van der Waals surface area contributed by atoms with Gasteiger partial charge in [-0.25, -0.2) is 4.98 Å². The molecule has 2 unspecified atom stereocenters. The van der Waals surface area contributed by atoms with E-state index in [0.717, 1.165) is 12.0 Å². The van der Waals surface area contributed by atoms with E-state index in [-0.39, 0.29) is 11.8 Å². The topological polar surface area (TPSA) is 51.2 Å². The number of amides is 1. The Kier molecular flexibility index (Phi) is 3.61. The van der Waals surface area contributed by atoms with Crippen molar-refractivity contribution in [1.82, 2.24) is 10.3 Å². The maximum Gasteiger partial charge on any atom is 0.223 e. The van der Waals surface area contributed by atoms with Gasteiger partial charge in [-0.1, -0.05) is 6.92 Å². The third-order valence-electron chi connectivity index (χ3n) is 3.00. The predicted octanol–water partition coefficient (Wildman–Crippen LogP) is 1.75. The highest BCUT2D eigenvalue weighted by Gasteiger charge is 2.38. The van der Waals surface area contributed by atoms with Gasteiger partial charge in [-0.15, -0.1) is 0 Å². The summed E-state index contributed by atoms with van der Waals surface area (Å²) in [6, 6.07) is 3.75. The van der Waals surface area contributed by atoms with E-state index in [2.05, 4.69) is 17.2 Å². The summed E-state index contributed by atoms with van der Waals surface area (Å²) in [6.07, 6.45) is 2.72. The average Bonchev–Trinajstić information content (AvgIpc) is 3.04. The number of carbonyl (C=O) groups excluding carboxylic acids is 1. The Morgan fingerprint density at radius 2 is 2.41 bits per heavy atom. The fraction of sp³-hybridized carbons (Fsp3) is 0.538. The Morgan fingerprint density at radius 1 is 1.65 bits per heavy atom. The van der Waals surface area contributed by atoms with Crippen LogP contribution in [0.5, 0.6) is 5.88 Å². The maximum absolute atomic E-state index is 11.6. The van der Waals surface area contributed by atoms with Crippen LogP contribution in [0.3, 0.4) is 0 Å². The number of aromatic nitrogens is 1. The van der Waals surface area contributed by atoms with Crippen LogP contribution in [0, 0.1) is 11.8 Å². The summed E-state index contributed by atoms with van der Waals surface area (Å²) in [6.45, 7) is 5.17. The molecule has 2 atom stereocenters. The van der Waals surface area contributed by atoms with E-state index in [9.17, 15) is 4.79 Å². The summed E-state index contributed by atoms with van der Waals surface area (Å²) in [5.41, 5.74) is 1.02. The SMILES string of the molecule is CCOc1cc(CNC(=O)C2CC2C)ccn1. The standard InChI is InChI=1S/C13H18N2O2/c1-3-17-12-7-10(4-5-14-12)8-15-13(16)11-6-9(11)2/h4-5,7,9,11H,3,6,8H2,1-2H3,(H,15,16). The first-order chi connectivity index (χ1) is 8.20. The van der Waals surface area contributed by atoms with Crippen molar-refractivity contribution in [3.8, 4) is 5.88 Å². The number of carbonyl (C=O) groups is 1. The molecule has 1 aliphatic carbocycles. The van der Waals surface area contributed by atoms with E-state index in [1.807, 2.05) is 19.1 Å². The van der Waals surface area contributed by atoms with Gasteiger partial charge in [0, 0.05) is 24.7 Å². The Morgan fingerprint density at radius 3 is 3.06 bits per heavy atom. The molecular weight excluding hydrogens is 216 g/mol. The molecule has 0 bridgehead atoms. The van der Waals surface area contributed by atoms with Crippen molar-refractivity contribution in [2.75, 3.05) is 6.61 Å². The lowest BCUT2D eigenvalue weighted by Gasteiger charge is -2.06. The molecule has 1 aromatic heterocycles. The van der Waals surface area contributed by atoms with Crippen LogP contribution in [-0.4, -0.2) is 17.5 Å². The van der Waals surface area contributed by atoms with Crippen LogP contribution < -0.4 is 10.1 Å². The van der Waals surface area contributed by atoms with Gasteiger partial charge in [-0.2, -0.15) is 0 Å². The third-order valence-corrected chi connectivity index (χ3v) is 3.00. The zero-order valence-corrected chi connectivity index (χ0v) is 10.3. The summed E-state index contributed by atoms with van der Waals surface area (Å²) in [7, 11) is 0. The first kappa shape index (κ1) is 11.9. The highest BCUT2D eigenvalue weighted by Crippen LogP contribution is 2.37. The molecule has 0 aliphatic heterocycles. The van der Waals surface area contributed by atoms with Crippen LogP contribution >= 0.6 is 0 Å². The van der Waals surface area contributed by atoms with Crippen molar-refractivity contribution >= 4 is 5.91 Å². The van der Waals surface area contributed by atoms with Crippen molar-refractivity contribution < 1.29 is 9.53 Å². The molecule has 1 fully saturated rings. The van der Waals surface area contributed by atoms with Gasteiger partial charge >= 0.3 is 0 Å². The van der Waals surface area contributed by atoms with Gasteiger partial charge in [0.05, 0.1) is 6.61 Å². The van der Waals surface area contributed by atoms with Crippen LogP contribution in [0.25, 0.3) is 0 Å². The molecule has 0 spiro atoms. The zero-order valence-electron chi connectivity index (χ0n) is 10.3. The van der Waals surface area contributed by atoms with Crippen LogP contribution in [-0.2, 0) is 11.3 Å². The number of hydrogen-bond donors (Lipinski definition) is 1. The third kappa shape index (κ3) is 3.19. The molecule has 0 aromatic carbocycles. The Balaban J connectivity index is 1.85. The van der Waals surface area contributed by atoms with Gasteiger partial charge in [0.25, 0.3) is 0 Å². The van der Waals surface area contributed by atoms with Crippen LogP contribution in [0.4, 0.5) is 0 Å². The lowest BCUT2D eigenvalue weighted by Crippen LogP contribution is -2.24. The minimum atomic E-state index is 0.160. The molecule has 1 saturated carbocycles. The second kappa shape index (κ2) is 5.17. The number of nitrogens with zero attached hydrogens (tertiary/aromatic N) is 1. The molecule has 1 heterocycles. The minimum Gasteiger partial charge on any atom is -0.478 e. The molecule has 4 heteroatoms. The number of nitrogens with one attached hydrogen (secondary N) is 1. The lowest BCUT2D eigenvalue weighted by molar-refractivity contribution is -0.122. The molecular formula is C13H18N2O2. The van der Waals surface area contributed by atoms with Crippen molar-refractivity contribution in [2.24, 2.45) is 11.8 Å². The summed E-state index contributed by atoms with van der Waals surface area (Å²) >= 11 is 0. The molecule has 0 saturated heterocycles. The van der Waals surface area contributed by atoms with E-state index in [0.29, 0.717) is 24.9 Å². The Labute approximate surface area is 101 Å². The second-order valence-electron chi connectivity index (χ2n) is 4.47. The molecule has 1 aliphatic rings. The summed E-state index contributed by atoms with van der Waals surface area (Å²) in [5, 5.41) is 2.94. The van der Waals surface area contributed by atoms with Gasteiger partial charge in [0.1, 0.15) is 0 Å². The number of hydrogen-bond acceptors (Lipinski definition) is 3. The van der Waals surface area contributed by atoms with Gasteiger partial charge in [-0.05, 0) is 30.9 Å². The Hall–Kier alpha value is -1.58. The Bertz CT molecular complexity index is 406. The van der Waals surface area contributed by atoms with Crippen molar-refractivity contribution in [1.29, 1.82) is 0 Å². The van der Waals surface area contributed by atoms with Crippen LogP contribution in [0.15, 0.2) is 18.3 Å². The zero-order chi connectivity index (χ0) is 12.3. The molecule has 1 amide bonds. The van der Waals surface area contributed by atoms with Crippen molar-refractivity contribution in [3.63, 3.8) is 0 Å². The maximum atomic E-state index is 11.6. The molecule has 17 heavy (non-hydrogen) atoms. The second-order valence-corrected chi connectivity index (χ2v) is 4.47.